The molecule has 2 unspecified atom stereocenters. The van der Waals surface area contributed by atoms with Gasteiger partial charge in [0.25, 0.3) is 0 Å². The number of hydrogen-bond acceptors (Lipinski definition) is 3. The molecule has 7 aromatic carbocycles. The van der Waals surface area contributed by atoms with E-state index in [1.54, 1.807) is 0 Å². The summed E-state index contributed by atoms with van der Waals surface area (Å²) in [5.41, 5.74) is 15.6. The van der Waals surface area contributed by atoms with Crippen LogP contribution >= 0.6 is 11.8 Å². The molecule has 3 nitrogen and oxygen atoms in total. The van der Waals surface area contributed by atoms with Crippen molar-refractivity contribution >= 4 is 51.4 Å². The lowest BCUT2D eigenvalue weighted by atomic mass is 9.90. The van der Waals surface area contributed by atoms with E-state index >= 15 is 0 Å². The van der Waals surface area contributed by atoms with Crippen molar-refractivity contribution in [3.8, 4) is 39.4 Å². The van der Waals surface area contributed by atoms with Crippen LogP contribution in [0.2, 0.25) is 0 Å². The van der Waals surface area contributed by atoms with Gasteiger partial charge in [-0.25, -0.2) is 0 Å². The van der Waals surface area contributed by atoms with Crippen LogP contribution in [0.25, 0.3) is 50.5 Å². The first-order valence-corrected chi connectivity index (χ1v) is 21.1. The van der Waals surface area contributed by atoms with Crippen LogP contribution in [-0.2, 0) is 0 Å². The summed E-state index contributed by atoms with van der Waals surface area (Å²) in [6.07, 6.45) is 13.3. The Hall–Kier alpha value is -7.01. The molecule has 0 fully saturated rings. The Balaban J connectivity index is 0.970. The van der Waals surface area contributed by atoms with Crippen LogP contribution < -0.4 is 9.64 Å². The fraction of sp³-hybridized carbons (Fsp3) is 0.0545. The van der Waals surface area contributed by atoms with Crippen LogP contribution in [0.15, 0.2) is 206 Å². The number of hydrogen-bond donors (Lipinski definition) is 0. The molecular formula is C55H40N2OS. The van der Waals surface area contributed by atoms with E-state index in [0.29, 0.717) is 11.2 Å². The van der Waals surface area contributed by atoms with Gasteiger partial charge in [0.15, 0.2) is 5.75 Å². The van der Waals surface area contributed by atoms with E-state index in [-0.39, 0.29) is 0 Å². The highest BCUT2D eigenvalue weighted by molar-refractivity contribution is 8.00. The molecule has 8 aromatic rings. The summed E-state index contributed by atoms with van der Waals surface area (Å²) in [7, 11) is 0. The van der Waals surface area contributed by atoms with Crippen molar-refractivity contribution in [1.82, 2.24) is 4.57 Å². The number of fused-ring (bicyclic) bond motifs is 7. The summed E-state index contributed by atoms with van der Waals surface area (Å²) in [6, 6.07) is 58.8. The third-order valence-corrected chi connectivity index (χ3v) is 13.2. The molecule has 59 heavy (non-hydrogen) atoms. The number of thioether (sulfide) groups is 1. The van der Waals surface area contributed by atoms with Crippen LogP contribution in [0.4, 0.5) is 17.1 Å². The minimum absolute atomic E-state index is 0.441. The summed E-state index contributed by atoms with van der Waals surface area (Å²) in [5, 5.41) is 1.52. The molecule has 4 heteroatoms. The zero-order valence-electron chi connectivity index (χ0n) is 32.6. The van der Waals surface area contributed by atoms with E-state index in [1.807, 2.05) is 17.8 Å². The molecular weight excluding hydrogens is 737 g/mol. The van der Waals surface area contributed by atoms with Crippen LogP contribution in [-0.4, -0.2) is 9.82 Å². The van der Waals surface area contributed by atoms with E-state index in [4.69, 9.17) is 4.74 Å². The highest BCUT2D eigenvalue weighted by Gasteiger charge is 2.33. The maximum atomic E-state index is 7.13. The number of anilines is 3. The molecule has 2 aliphatic heterocycles. The predicted octanol–water partition coefficient (Wildman–Crippen LogP) is 15.3. The lowest BCUT2D eigenvalue weighted by molar-refractivity contribution is 0.486. The minimum Gasteiger partial charge on any atom is -0.453 e. The largest absolute Gasteiger partial charge is 0.453 e. The average molecular weight is 777 g/mol. The molecule has 0 radical (unpaired) electrons. The van der Waals surface area contributed by atoms with E-state index in [1.165, 1.54) is 27.1 Å². The van der Waals surface area contributed by atoms with Crippen molar-refractivity contribution in [2.24, 2.45) is 0 Å². The molecule has 0 bridgehead atoms. The van der Waals surface area contributed by atoms with Gasteiger partial charge in [-0.1, -0.05) is 146 Å². The van der Waals surface area contributed by atoms with Gasteiger partial charge in [0.2, 0.25) is 0 Å². The first-order chi connectivity index (χ1) is 29.1. The maximum Gasteiger partial charge on any atom is 0.160 e. The number of para-hydroxylation sites is 3. The topological polar surface area (TPSA) is 17.4 Å². The highest BCUT2D eigenvalue weighted by atomic mass is 32.2. The summed E-state index contributed by atoms with van der Waals surface area (Å²) in [6.45, 7) is 6.64. The van der Waals surface area contributed by atoms with Crippen molar-refractivity contribution in [2.75, 3.05) is 4.90 Å². The standard InChI is InChI=1S/C55H40N2OS/c1-36-22-29-41(30-23-36)56(43-33-27-39(28-34-43)46-18-11-19-48-47-14-7-9-21-52(47)59-55(46)48)42-31-25-38(26-32-42)45-17-10-16-44-37(2)24-35-51-54(58-53(44)45)49-15-6-8-20-50(49)57(51)40-12-4-3-5-13-40/h3-35,47,52H,2H2,1H3/b35-24-. The Morgan fingerprint density at radius 2 is 1.20 bits per heavy atom. The van der Waals surface area contributed by atoms with E-state index in [0.717, 1.165) is 73.1 Å². The number of aryl methyl sites for hydroxylation is 1. The zero-order chi connectivity index (χ0) is 39.5. The van der Waals surface area contributed by atoms with E-state index in [9.17, 15) is 0 Å². The highest BCUT2D eigenvalue weighted by Crippen LogP contribution is 2.52. The van der Waals surface area contributed by atoms with Gasteiger partial charge in [-0.15, -0.1) is 11.8 Å². The Bertz CT molecular complexity index is 3010. The summed E-state index contributed by atoms with van der Waals surface area (Å²) >= 11 is 1.99. The monoisotopic (exact) mass is 776 g/mol. The number of aromatic nitrogens is 1. The van der Waals surface area contributed by atoms with Gasteiger partial charge in [-0.05, 0) is 101 Å². The molecule has 3 heterocycles. The van der Waals surface area contributed by atoms with Crippen LogP contribution in [0, 0.1) is 6.92 Å². The number of ether oxygens (including phenoxy) is 1. The number of allylic oxidation sites excluding steroid dienone is 5. The fourth-order valence-corrected chi connectivity index (χ4v) is 10.3. The molecule has 0 amide bonds. The normalized spacial score (nSPS) is 16.7. The second-order valence-electron chi connectivity index (χ2n) is 15.4. The van der Waals surface area contributed by atoms with E-state index in [2.05, 4.69) is 217 Å². The van der Waals surface area contributed by atoms with Crippen LogP contribution in [0.5, 0.6) is 11.5 Å². The third kappa shape index (κ3) is 6.07. The quantitative estimate of drug-likeness (QED) is 0.167. The predicted molar refractivity (Wildman–Crippen MR) is 249 cm³/mol. The van der Waals surface area contributed by atoms with Crippen molar-refractivity contribution in [1.29, 1.82) is 0 Å². The Kier molecular flexibility index (Phi) is 8.60. The van der Waals surface area contributed by atoms with Gasteiger partial charge in [-0.3, -0.25) is 0 Å². The maximum absolute atomic E-state index is 7.13. The molecule has 0 saturated heterocycles. The first-order valence-electron chi connectivity index (χ1n) is 20.2. The van der Waals surface area contributed by atoms with Crippen molar-refractivity contribution < 1.29 is 4.74 Å². The van der Waals surface area contributed by atoms with Crippen LogP contribution in [0.3, 0.4) is 0 Å². The second kappa shape index (κ2) is 14.4. The van der Waals surface area contributed by atoms with Crippen molar-refractivity contribution in [3.63, 3.8) is 0 Å². The van der Waals surface area contributed by atoms with Crippen LogP contribution in [0.1, 0.15) is 28.3 Å². The molecule has 0 saturated carbocycles. The Morgan fingerprint density at radius 1 is 0.576 bits per heavy atom. The summed E-state index contributed by atoms with van der Waals surface area (Å²) in [5.74, 6) is 2.07. The number of nitrogens with zero attached hydrogens (tertiary/aromatic N) is 2. The zero-order valence-corrected chi connectivity index (χ0v) is 33.4. The van der Waals surface area contributed by atoms with Gasteiger partial charge in [0, 0.05) is 55.3 Å². The summed E-state index contributed by atoms with van der Waals surface area (Å²) < 4.78 is 9.41. The lowest BCUT2D eigenvalue weighted by Crippen LogP contribution is -2.09. The molecule has 2 atom stereocenters. The Labute approximate surface area is 349 Å². The average Bonchev–Trinajstić information content (AvgIpc) is 3.82. The third-order valence-electron chi connectivity index (χ3n) is 11.8. The first kappa shape index (κ1) is 35.2. The van der Waals surface area contributed by atoms with E-state index < -0.39 is 0 Å². The SMILES string of the molecule is C=C1/C=C\c2c(c3ccccc3n2-c2ccccc2)Oc2c1cccc2-c1ccc(N(c2ccc(C)cc2)c2ccc(-c3cccc4c3SC3C=CC=CC43)cc2)cc1. The van der Waals surface area contributed by atoms with Gasteiger partial charge in [0.05, 0.1) is 11.2 Å². The second-order valence-corrected chi connectivity index (χ2v) is 16.6. The minimum atomic E-state index is 0.441. The number of rotatable bonds is 6. The Morgan fingerprint density at radius 3 is 1.97 bits per heavy atom. The van der Waals surface area contributed by atoms with Gasteiger partial charge < -0.3 is 14.2 Å². The molecule has 1 aliphatic carbocycles. The molecule has 282 valence electrons. The van der Waals surface area contributed by atoms with Crippen molar-refractivity contribution in [2.45, 2.75) is 23.0 Å². The summed E-state index contributed by atoms with van der Waals surface area (Å²) in [4.78, 5) is 3.73. The lowest BCUT2D eigenvalue weighted by Gasteiger charge is -2.26. The molecule has 3 aliphatic rings. The fourth-order valence-electron chi connectivity index (χ4n) is 8.85. The molecule has 0 N–H and O–H groups in total. The number of benzene rings is 7. The molecule has 0 spiro atoms. The molecule has 1 aromatic heterocycles. The van der Waals surface area contributed by atoms with Gasteiger partial charge >= 0.3 is 0 Å². The van der Waals surface area contributed by atoms with Gasteiger partial charge in [-0.2, -0.15) is 0 Å². The molecule has 11 rings (SSSR count). The van der Waals surface area contributed by atoms with Gasteiger partial charge in [0.1, 0.15) is 5.75 Å². The smallest absolute Gasteiger partial charge is 0.160 e. The van der Waals surface area contributed by atoms with Crippen molar-refractivity contribution in [3.05, 3.63) is 223 Å².